The van der Waals surface area contributed by atoms with Crippen LogP contribution in [0.2, 0.25) is 0 Å². The Morgan fingerprint density at radius 3 is 2.24 bits per heavy atom. The van der Waals surface area contributed by atoms with Crippen molar-refractivity contribution in [1.29, 1.82) is 0 Å². The van der Waals surface area contributed by atoms with Crippen molar-refractivity contribution in [2.45, 2.75) is 13.8 Å². The molecule has 0 spiro atoms. The van der Waals surface area contributed by atoms with Gasteiger partial charge in [-0.1, -0.05) is 15.9 Å². The van der Waals surface area contributed by atoms with E-state index in [1.165, 1.54) is 6.26 Å². The number of hydrogen-bond acceptors (Lipinski definition) is 2. The van der Waals surface area contributed by atoms with Gasteiger partial charge in [0.15, 0.2) is 5.76 Å². The molecule has 17 heavy (non-hydrogen) atoms. The van der Waals surface area contributed by atoms with Crippen molar-refractivity contribution < 1.29 is 9.21 Å². The van der Waals surface area contributed by atoms with Crippen LogP contribution in [0, 0.1) is 13.8 Å². The van der Waals surface area contributed by atoms with E-state index >= 15 is 0 Å². The molecule has 0 fully saturated rings. The van der Waals surface area contributed by atoms with Crippen molar-refractivity contribution in [3.8, 4) is 0 Å². The summed E-state index contributed by atoms with van der Waals surface area (Å²) in [5, 5.41) is 0. The van der Waals surface area contributed by atoms with Crippen molar-refractivity contribution in [2.75, 3.05) is 0 Å². The van der Waals surface area contributed by atoms with E-state index in [4.69, 9.17) is 4.42 Å². The summed E-state index contributed by atoms with van der Waals surface area (Å²) in [7, 11) is 0. The van der Waals surface area contributed by atoms with E-state index in [0.29, 0.717) is 15.8 Å². The van der Waals surface area contributed by atoms with Crippen molar-refractivity contribution in [3.05, 3.63) is 55.9 Å². The first-order valence-corrected chi connectivity index (χ1v) is 6.63. The molecule has 0 atom stereocenters. The predicted octanol–water partition coefficient (Wildman–Crippen LogP) is 4.65. The Hall–Kier alpha value is -0.870. The highest BCUT2D eigenvalue weighted by molar-refractivity contribution is 9.10. The molecule has 0 aliphatic rings. The fourth-order valence-electron chi connectivity index (χ4n) is 1.66. The minimum absolute atomic E-state index is 0.111. The number of ketones is 1. The zero-order valence-electron chi connectivity index (χ0n) is 9.38. The molecular formula is C13H10Br2O2. The molecule has 2 nitrogen and oxygen atoms in total. The summed E-state index contributed by atoms with van der Waals surface area (Å²) in [6, 6.07) is 5.43. The Labute approximate surface area is 116 Å². The lowest BCUT2D eigenvalue weighted by Gasteiger charge is -2.06. The molecule has 0 N–H and O–H groups in total. The number of benzene rings is 1. The highest BCUT2D eigenvalue weighted by atomic mass is 79.9. The van der Waals surface area contributed by atoms with Gasteiger partial charge < -0.3 is 4.42 Å². The molecular weight excluding hydrogens is 348 g/mol. The topological polar surface area (TPSA) is 30.2 Å². The molecule has 0 amide bonds. The maximum atomic E-state index is 12.2. The first kappa shape index (κ1) is 12.6. The van der Waals surface area contributed by atoms with Crippen LogP contribution in [0.15, 0.2) is 37.8 Å². The summed E-state index contributed by atoms with van der Waals surface area (Å²) in [5.74, 6) is 0.228. The minimum Gasteiger partial charge on any atom is -0.460 e. The minimum atomic E-state index is -0.111. The Bertz CT molecular complexity index is 562. The van der Waals surface area contributed by atoms with Crippen molar-refractivity contribution in [1.82, 2.24) is 0 Å². The molecule has 1 aromatic carbocycles. The highest BCUT2D eigenvalue weighted by Crippen LogP contribution is 2.26. The van der Waals surface area contributed by atoms with Crippen LogP contribution in [0.4, 0.5) is 0 Å². The van der Waals surface area contributed by atoms with E-state index in [1.807, 2.05) is 26.0 Å². The summed E-state index contributed by atoms with van der Waals surface area (Å²) in [4.78, 5) is 12.2. The average molecular weight is 358 g/mol. The molecule has 2 aromatic rings. The third-order valence-electron chi connectivity index (χ3n) is 2.52. The lowest BCUT2D eigenvalue weighted by molar-refractivity contribution is 0.101. The van der Waals surface area contributed by atoms with Gasteiger partial charge in [0.25, 0.3) is 0 Å². The summed E-state index contributed by atoms with van der Waals surface area (Å²) < 4.78 is 6.90. The van der Waals surface area contributed by atoms with Crippen LogP contribution in [0.3, 0.4) is 0 Å². The normalized spacial score (nSPS) is 10.6. The number of aryl methyl sites for hydroxylation is 2. The van der Waals surface area contributed by atoms with Gasteiger partial charge in [-0.2, -0.15) is 0 Å². The van der Waals surface area contributed by atoms with Gasteiger partial charge in [0.1, 0.15) is 0 Å². The lowest BCUT2D eigenvalue weighted by Crippen LogP contribution is -2.02. The highest BCUT2D eigenvalue weighted by Gasteiger charge is 2.17. The van der Waals surface area contributed by atoms with Crippen LogP contribution in [-0.2, 0) is 0 Å². The van der Waals surface area contributed by atoms with Crippen LogP contribution in [0.25, 0.3) is 0 Å². The van der Waals surface area contributed by atoms with Gasteiger partial charge in [0.2, 0.25) is 5.78 Å². The van der Waals surface area contributed by atoms with Gasteiger partial charge in [-0.3, -0.25) is 4.79 Å². The largest absolute Gasteiger partial charge is 0.460 e. The van der Waals surface area contributed by atoms with Crippen LogP contribution >= 0.6 is 31.9 Å². The van der Waals surface area contributed by atoms with Gasteiger partial charge in [-0.25, -0.2) is 0 Å². The van der Waals surface area contributed by atoms with E-state index < -0.39 is 0 Å². The smallest absolute Gasteiger partial charge is 0.229 e. The van der Waals surface area contributed by atoms with Gasteiger partial charge in [0, 0.05) is 10.0 Å². The molecule has 0 radical (unpaired) electrons. The van der Waals surface area contributed by atoms with Crippen molar-refractivity contribution in [2.24, 2.45) is 0 Å². The summed E-state index contributed by atoms with van der Waals surface area (Å²) in [5.41, 5.74) is 2.71. The Morgan fingerprint density at radius 1 is 1.18 bits per heavy atom. The first-order chi connectivity index (χ1) is 8.00. The van der Waals surface area contributed by atoms with E-state index in [9.17, 15) is 4.79 Å². The number of carbonyl (C=O) groups is 1. The zero-order valence-corrected chi connectivity index (χ0v) is 12.6. The molecule has 0 bridgehead atoms. The molecule has 4 heteroatoms. The number of halogens is 2. The standard InChI is InChI=1S/C13H10Br2O2/c1-7-5-9(6-8(2)11(7)15)12(16)13-10(14)3-4-17-13/h3-6H,1-2H3. The summed E-state index contributed by atoms with van der Waals surface area (Å²) in [6.07, 6.45) is 1.50. The van der Waals surface area contributed by atoms with Crippen LogP contribution in [0.1, 0.15) is 27.2 Å². The predicted molar refractivity (Wildman–Crippen MR) is 73.5 cm³/mol. The van der Waals surface area contributed by atoms with E-state index in [-0.39, 0.29) is 5.78 Å². The fourth-order valence-corrected chi connectivity index (χ4v) is 2.27. The van der Waals surface area contributed by atoms with Gasteiger partial charge >= 0.3 is 0 Å². The van der Waals surface area contributed by atoms with Crippen LogP contribution < -0.4 is 0 Å². The lowest BCUT2D eigenvalue weighted by atomic mass is 10.0. The van der Waals surface area contributed by atoms with Crippen molar-refractivity contribution >= 4 is 37.6 Å². The second kappa shape index (κ2) is 4.78. The van der Waals surface area contributed by atoms with E-state index in [0.717, 1.165) is 15.6 Å². The second-order valence-corrected chi connectivity index (χ2v) is 5.50. The number of rotatable bonds is 2. The molecule has 0 saturated heterocycles. The quantitative estimate of drug-likeness (QED) is 0.732. The molecule has 88 valence electrons. The maximum Gasteiger partial charge on any atom is 0.229 e. The Kier molecular flexibility index (Phi) is 3.54. The second-order valence-electron chi connectivity index (χ2n) is 3.85. The molecule has 0 saturated carbocycles. The van der Waals surface area contributed by atoms with Gasteiger partial charge in [-0.15, -0.1) is 0 Å². The van der Waals surface area contributed by atoms with E-state index in [2.05, 4.69) is 31.9 Å². The Balaban J connectivity index is 2.49. The fraction of sp³-hybridized carbons (Fsp3) is 0.154. The van der Waals surface area contributed by atoms with Crippen LogP contribution in [0.5, 0.6) is 0 Å². The Morgan fingerprint density at radius 2 is 1.76 bits per heavy atom. The first-order valence-electron chi connectivity index (χ1n) is 5.05. The van der Waals surface area contributed by atoms with Crippen LogP contribution in [-0.4, -0.2) is 5.78 Å². The van der Waals surface area contributed by atoms with Gasteiger partial charge in [-0.05, 0) is 59.1 Å². The molecule has 0 unspecified atom stereocenters. The SMILES string of the molecule is Cc1cc(C(=O)c2occc2Br)cc(C)c1Br. The number of furan rings is 1. The maximum absolute atomic E-state index is 12.2. The zero-order chi connectivity index (χ0) is 12.6. The average Bonchev–Trinajstić information content (AvgIpc) is 2.70. The third kappa shape index (κ3) is 2.38. The molecule has 2 rings (SSSR count). The van der Waals surface area contributed by atoms with Crippen molar-refractivity contribution in [3.63, 3.8) is 0 Å². The number of hydrogen-bond donors (Lipinski definition) is 0. The molecule has 1 aromatic heterocycles. The molecule has 0 aliphatic carbocycles. The summed E-state index contributed by atoms with van der Waals surface area (Å²) >= 11 is 6.77. The molecule has 0 aliphatic heterocycles. The van der Waals surface area contributed by atoms with Gasteiger partial charge in [0.05, 0.1) is 10.7 Å². The third-order valence-corrected chi connectivity index (χ3v) is 4.40. The summed E-state index contributed by atoms with van der Waals surface area (Å²) in [6.45, 7) is 3.93. The monoisotopic (exact) mass is 356 g/mol. The van der Waals surface area contributed by atoms with E-state index in [1.54, 1.807) is 6.07 Å². The molecule has 1 heterocycles. The number of carbonyl (C=O) groups excluding carboxylic acids is 1.